The number of rotatable bonds is 33. The molecule has 13 nitrogen and oxygen atoms in total. The standard InChI is InChI=1S/C33H36N2O.C28H40N2.C23H25NS2.C18H21NO2.C17H20OS.C13H17NO2/c1-22(2)27-16-12-17-28(23(3)4)32(27)34-21-26-15-7-8-18-29(26)35-30-19-9-10-20-31(30)36-33-24(5)13-11-14-25(33)6;1-17(2)23-13-11-14-24(18(3)4)27(23)29-21(9)22(10)30-28-25(19(5)6)15-12-16-26(28)20(7)8;1-16-8-5-9-17(2)22(16)25-14-20-12-7-13-21(24-20)15-26-23-18(3)10-6-11-19(23)4;1-12-8-13(2)18(14(3)9-12)19-11-15-10-16(20-4)6-7-17(15)21-5;1-13(2)15-10-6-7-11-17(15)19-12-16(18)14-8-4-3-5-9-14;1-10(12-6-2-3-7-13(12)15)14-9-11-5-4-8-16-11/h7-23,35H,1-6H3;11-20H,1-10H3;5-13H,14-15H2,1-4H3;6-11H,1-5H3;3-11,13,16,18H,12H2,1-2H3;2-3,6-7,11,15H,4-5,8-9H2,1H3. The molecule has 14 aromatic rings. The van der Waals surface area contributed by atoms with E-state index >= 15 is 0 Å². The van der Waals surface area contributed by atoms with E-state index in [1.165, 1.54) is 92.6 Å². The highest BCUT2D eigenvalue weighted by atomic mass is 32.2. The van der Waals surface area contributed by atoms with Gasteiger partial charge < -0.3 is 34.5 Å². The summed E-state index contributed by atoms with van der Waals surface area (Å²) in [6.45, 7) is 58.0. The second-order valence-corrected chi connectivity index (χ2v) is 43.3. The first kappa shape index (κ1) is 117. The largest absolute Gasteiger partial charge is 0.507 e. The van der Waals surface area contributed by atoms with Crippen LogP contribution in [-0.2, 0) is 16.2 Å². The Balaban J connectivity index is 0.000000185. The van der Waals surface area contributed by atoms with Crippen molar-refractivity contribution in [2.24, 2.45) is 25.0 Å². The van der Waals surface area contributed by atoms with Crippen LogP contribution in [0.2, 0.25) is 0 Å². The number of aryl methyl sites for hydroxylation is 9. The van der Waals surface area contributed by atoms with Crippen LogP contribution in [0.25, 0.3) is 0 Å². The SMILES string of the molecule is CC(=NCC1CCCO1)c1ccccc1O.CC(=Nc1c(C(C)C)cccc1C(C)C)C(C)=Nc1c(C(C)C)cccc1C(C)C.CC(C)c1ccccc1SCC(O)c1ccccc1.COc1ccc(OC)c(C=Nc2c(C)cc(C)cc2C)c1.Cc1cccc(C)c1Oc1ccccc1Nc1ccccc1C=Nc1c(C(C)C)cccc1C(C)C.Cc1cccc(C)c1SCc1cccc(CSc2c(C)cccc2C)n1. The maximum Gasteiger partial charge on any atom is 0.150 e. The van der Waals surface area contributed by atoms with Gasteiger partial charge in [0.15, 0.2) is 5.75 Å². The number of hydrogen-bond donors (Lipinski definition) is 3. The lowest BCUT2D eigenvalue weighted by Gasteiger charge is -2.18. The zero-order valence-electron chi connectivity index (χ0n) is 92.9. The third-order valence-corrected chi connectivity index (χ3v) is 29.9. The molecule has 3 N–H and O–H groups in total. The normalized spacial score (nSPS) is 12.9. The summed E-state index contributed by atoms with van der Waals surface area (Å²) in [4.78, 5) is 33.3. The summed E-state index contributed by atoms with van der Waals surface area (Å²) in [6, 6.07) is 97.1. The zero-order chi connectivity index (χ0) is 107. The molecule has 0 radical (unpaired) electrons. The van der Waals surface area contributed by atoms with E-state index in [0.717, 1.165) is 150 Å². The minimum Gasteiger partial charge on any atom is -0.507 e. The lowest BCUT2D eigenvalue weighted by atomic mass is 9.92. The molecular formula is C132H159N7O6S3. The highest BCUT2D eigenvalue weighted by Crippen LogP contribution is 2.43. The van der Waals surface area contributed by atoms with Crippen molar-refractivity contribution in [3.05, 3.63) is 408 Å². The molecule has 1 fully saturated rings. The number of aliphatic hydroxyl groups is 1. The fourth-order valence-corrected chi connectivity index (χ4v) is 20.8. The molecule has 2 unspecified atom stereocenters. The highest BCUT2D eigenvalue weighted by Gasteiger charge is 2.22. The molecule has 1 aliphatic rings. The molecule has 776 valence electrons. The third kappa shape index (κ3) is 34.7. The van der Waals surface area contributed by atoms with Gasteiger partial charge in [0.1, 0.15) is 23.0 Å². The van der Waals surface area contributed by atoms with Crippen molar-refractivity contribution in [2.45, 2.75) is 273 Å². The topological polar surface area (TPSA) is 164 Å². The van der Waals surface area contributed by atoms with Crippen molar-refractivity contribution in [3.8, 4) is 28.7 Å². The van der Waals surface area contributed by atoms with Crippen LogP contribution < -0.4 is 19.5 Å². The second kappa shape index (κ2) is 58.9. The lowest BCUT2D eigenvalue weighted by Crippen LogP contribution is -2.10. The van der Waals surface area contributed by atoms with Gasteiger partial charge in [0.25, 0.3) is 0 Å². The summed E-state index contributed by atoms with van der Waals surface area (Å²) >= 11 is 5.50. The van der Waals surface area contributed by atoms with E-state index in [9.17, 15) is 10.2 Å². The Kier molecular flexibility index (Phi) is 46.7. The molecule has 0 bridgehead atoms. The van der Waals surface area contributed by atoms with Crippen molar-refractivity contribution < 1.29 is 29.2 Å². The van der Waals surface area contributed by atoms with Crippen molar-refractivity contribution in [2.75, 3.05) is 38.4 Å². The number of pyridine rings is 1. The van der Waals surface area contributed by atoms with Crippen LogP contribution in [0.4, 0.5) is 34.1 Å². The first-order chi connectivity index (χ1) is 70.9. The highest BCUT2D eigenvalue weighted by molar-refractivity contribution is 7.99. The summed E-state index contributed by atoms with van der Waals surface area (Å²) in [6.07, 6.45) is 5.89. The predicted molar refractivity (Wildman–Crippen MR) is 638 cm³/mol. The number of anilines is 2. The van der Waals surface area contributed by atoms with Crippen molar-refractivity contribution in [1.29, 1.82) is 0 Å². The molecule has 2 heterocycles. The predicted octanol–water partition coefficient (Wildman–Crippen LogP) is 37.2. The third-order valence-electron chi connectivity index (χ3n) is 26.0. The Bertz CT molecular complexity index is 6490. The number of aliphatic imine (C=N–C) groups is 5. The van der Waals surface area contributed by atoms with Crippen molar-refractivity contribution in [1.82, 2.24) is 4.98 Å². The van der Waals surface area contributed by atoms with E-state index < -0.39 is 6.10 Å². The number of phenols is 1. The number of aromatic hydroxyl groups is 1. The Morgan fingerprint density at radius 3 is 1.32 bits per heavy atom. The summed E-state index contributed by atoms with van der Waals surface area (Å²) in [5, 5.41) is 23.4. The Hall–Kier alpha value is -12.7. The number of para-hydroxylation sites is 8. The summed E-state index contributed by atoms with van der Waals surface area (Å²) < 4.78 is 22.5. The van der Waals surface area contributed by atoms with E-state index in [4.69, 9.17) is 38.9 Å². The van der Waals surface area contributed by atoms with E-state index in [0.29, 0.717) is 53.7 Å². The molecule has 2 atom stereocenters. The van der Waals surface area contributed by atoms with Gasteiger partial charge in [0.05, 0.1) is 84.2 Å². The molecule has 0 aliphatic carbocycles. The molecule has 16 heteroatoms. The number of methoxy groups -OCH3 is 2. The molecule has 1 aromatic heterocycles. The quantitative estimate of drug-likeness (QED) is 0.0265. The molecule has 0 amide bonds. The van der Waals surface area contributed by atoms with Gasteiger partial charge in [-0.25, -0.2) is 0 Å². The lowest BCUT2D eigenvalue weighted by molar-refractivity contribution is 0.118. The smallest absolute Gasteiger partial charge is 0.150 e. The van der Waals surface area contributed by atoms with Gasteiger partial charge in [0.2, 0.25) is 0 Å². The number of nitrogens with one attached hydrogen (secondary N) is 1. The number of nitrogens with zero attached hydrogens (tertiary/aromatic N) is 6. The maximum atomic E-state index is 10.2. The fraction of sp³-hybridized carbons (Fsp3) is 0.333. The fourth-order valence-electron chi connectivity index (χ4n) is 17.6. The second-order valence-electron chi connectivity index (χ2n) is 40.2. The zero-order valence-corrected chi connectivity index (χ0v) is 95.3. The average Bonchev–Trinajstić information content (AvgIpc) is 0.841. The monoisotopic (exact) mass is 2030 g/mol. The van der Waals surface area contributed by atoms with Gasteiger partial charge in [-0.15, -0.1) is 35.3 Å². The molecular weight excluding hydrogens is 1880 g/mol. The first-order valence-corrected chi connectivity index (χ1v) is 55.1. The van der Waals surface area contributed by atoms with Crippen LogP contribution in [0.15, 0.2) is 325 Å². The minimum atomic E-state index is -0.411. The van der Waals surface area contributed by atoms with E-state index in [1.54, 1.807) is 32.0 Å². The van der Waals surface area contributed by atoms with E-state index in [-0.39, 0.29) is 11.9 Å². The average molecular weight is 2040 g/mol. The number of aliphatic hydroxyl groups excluding tert-OH is 1. The first-order valence-electron chi connectivity index (χ1n) is 52.2. The molecule has 13 aromatic carbocycles. The van der Waals surface area contributed by atoms with Gasteiger partial charge in [0, 0.05) is 79.1 Å². The van der Waals surface area contributed by atoms with E-state index in [1.807, 2.05) is 146 Å². The van der Waals surface area contributed by atoms with Gasteiger partial charge >= 0.3 is 0 Å². The molecule has 0 saturated carbocycles. The van der Waals surface area contributed by atoms with Crippen LogP contribution in [0, 0.1) is 62.3 Å². The Labute approximate surface area is 899 Å². The summed E-state index contributed by atoms with van der Waals surface area (Å²) in [5.74, 6) is 9.09. The van der Waals surface area contributed by atoms with Gasteiger partial charge in [-0.3, -0.25) is 29.9 Å². The number of thioether (sulfide) groups is 3. The number of benzene rings is 13. The Morgan fingerprint density at radius 1 is 0.412 bits per heavy atom. The summed E-state index contributed by atoms with van der Waals surface area (Å²) in [5.41, 5.74) is 35.4. The van der Waals surface area contributed by atoms with Gasteiger partial charge in [-0.05, 0) is 293 Å². The van der Waals surface area contributed by atoms with Crippen LogP contribution in [0.1, 0.15) is 301 Å². The summed E-state index contributed by atoms with van der Waals surface area (Å²) in [7, 11) is 3.30. The Morgan fingerprint density at radius 2 is 0.838 bits per heavy atom. The molecule has 15 rings (SSSR count). The van der Waals surface area contributed by atoms with Gasteiger partial charge in [-0.1, -0.05) is 321 Å². The van der Waals surface area contributed by atoms with Crippen LogP contribution in [0.5, 0.6) is 28.7 Å². The van der Waals surface area contributed by atoms with Gasteiger partial charge in [-0.2, -0.15) is 0 Å². The van der Waals surface area contributed by atoms with Crippen LogP contribution in [-0.4, -0.2) is 84.0 Å². The number of aromatic nitrogens is 1. The molecule has 1 saturated heterocycles. The van der Waals surface area contributed by atoms with Crippen molar-refractivity contribution >= 4 is 99.0 Å². The number of ether oxygens (including phenoxy) is 4. The molecule has 148 heavy (non-hydrogen) atoms. The molecule has 0 spiro atoms. The van der Waals surface area contributed by atoms with E-state index in [2.05, 4.69) is 364 Å². The molecule has 1 aliphatic heterocycles. The van der Waals surface area contributed by atoms with Crippen LogP contribution in [0.3, 0.4) is 0 Å². The number of hydrogen-bond acceptors (Lipinski definition) is 16. The number of phenolic OH excluding ortho intramolecular Hbond substituents is 1. The maximum absolute atomic E-state index is 10.2. The van der Waals surface area contributed by atoms with Crippen LogP contribution >= 0.6 is 35.3 Å². The van der Waals surface area contributed by atoms with Crippen molar-refractivity contribution in [3.63, 3.8) is 0 Å². The minimum absolute atomic E-state index is 0.265.